The fourth-order valence-corrected chi connectivity index (χ4v) is 1.94. The van der Waals surface area contributed by atoms with E-state index in [1.807, 2.05) is 35.2 Å². The van der Waals surface area contributed by atoms with E-state index in [9.17, 15) is 9.59 Å². The van der Waals surface area contributed by atoms with E-state index >= 15 is 0 Å². The van der Waals surface area contributed by atoms with Crippen LogP contribution in [-0.2, 0) is 16.1 Å². The Morgan fingerprint density at radius 3 is 2.65 bits per heavy atom. The molecule has 1 heterocycles. The van der Waals surface area contributed by atoms with E-state index in [0.717, 1.165) is 5.56 Å². The largest absolute Gasteiger partial charge is 0.368 e. The van der Waals surface area contributed by atoms with Gasteiger partial charge in [-0.15, -0.1) is 0 Å². The lowest BCUT2D eigenvalue weighted by atomic mass is 10.2. The third-order valence-corrected chi connectivity index (χ3v) is 2.68. The molecule has 0 radical (unpaired) electrons. The molecule has 1 aliphatic rings. The number of amides is 2. The molecule has 0 saturated carbocycles. The first-order chi connectivity index (χ1) is 8.15. The zero-order chi connectivity index (χ0) is 12.3. The molecule has 2 rings (SSSR count). The summed E-state index contributed by atoms with van der Waals surface area (Å²) in [5.74, 6) is -0.514. The molecule has 0 unspecified atom stereocenters. The number of carbonyl (C=O) groups excluding carboxylic acids is 2. The molecule has 0 aromatic heterocycles. The fraction of sp³-hybridized carbons (Fsp3) is 0.333. The van der Waals surface area contributed by atoms with Gasteiger partial charge < -0.3 is 10.6 Å². The summed E-state index contributed by atoms with van der Waals surface area (Å²) < 4.78 is 0. The average Bonchev–Trinajstić information content (AvgIpc) is 2.59. The van der Waals surface area contributed by atoms with Gasteiger partial charge in [0.25, 0.3) is 0 Å². The molecule has 5 heteroatoms. The van der Waals surface area contributed by atoms with E-state index in [-0.39, 0.29) is 12.5 Å². The highest BCUT2D eigenvalue weighted by molar-refractivity contribution is 5.86. The van der Waals surface area contributed by atoms with Gasteiger partial charge in [0.05, 0.1) is 13.2 Å². The quantitative estimate of drug-likeness (QED) is 0.781. The monoisotopic (exact) mass is 233 g/mol. The van der Waals surface area contributed by atoms with E-state index in [0.29, 0.717) is 19.8 Å². The number of benzene rings is 1. The van der Waals surface area contributed by atoms with Gasteiger partial charge in [-0.05, 0) is 5.56 Å². The molecule has 90 valence electrons. The van der Waals surface area contributed by atoms with Crippen molar-refractivity contribution in [3.8, 4) is 0 Å². The first-order valence-corrected chi connectivity index (χ1v) is 5.47. The number of rotatable bonds is 4. The zero-order valence-electron chi connectivity index (χ0n) is 9.50. The molecule has 0 bridgehead atoms. The summed E-state index contributed by atoms with van der Waals surface area (Å²) in [6.07, 6.45) is 0. The van der Waals surface area contributed by atoms with Crippen molar-refractivity contribution in [1.29, 1.82) is 0 Å². The molecule has 1 aromatic carbocycles. The molecule has 2 amide bonds. The van der Waals surface area contributed by atoms with Crippen molar-refractivity contribution >= 4 is 11.8 Å². The predicted octanol–water partition coefficient (Wildman–Crippen LogP) is -0.226. The highest BCUT2D eigenvalue weighted by Crippen LogP contribution is 2.11. The molecule has 5 nitrogen and oxygen atoms in total. The first-order valence-electron chi connectivity index (χ1n) is 5.47. The molecule has 1 fully saturated rings. The second-order valence-corrected chi connectivity index (χ2v) is 4.17. The van der Waals surface area contributed by atoms with Crippen LogP contribution in [0.3, 0.4) is 0 Å². The first kappa shape index (κ1) is 11.6. The summed E-state index contributed by atoms with van der Waals surface area (Å²) >= 11 is 0. The SMILES string of the molecule is NC(=O)CN1CN(Cc2ccccc2)CC1=O. The minimum absolute atomic E-state index is 0.00409. The molecular weight excluding hydrogens is 218 g/mol. The Bertz CT molecular complexity index is 419. The molecule has 2 N–H and O–H groups in total. The van der Waals surface area contributed by atoms with Crippen LogP contribution < -0.4 is 5.73 Å². The van der Waals surface area contributed by atoms with Crippen LogP contribution in [0.15, 0.2) is 30.3 Å². The van der Waals surface area contributed by atoms with Gasteiger partial charge in [-0.2, -0.15) is 0 Å². The number of nitrogens with zero attached hydrogens (tertiary/aromatic N) is 2. The predicted molar refractivity (Wildman–Crippen MR) is 62.6 cm³/mol. The number of hydrogen-bond acceptors (Lipinski definition) is 3. The Morgan fingerprint density at radius 1 is 1.29 bits per heavy atom. The Balaban J connectivity index is 1.93. The normalized spacial score (nSPS) is 16.5. The van der Waals surface area contributed by atoms with Gasteiger partial charge in [-0.25, -0.2) is 0 Å². The van der Waals surface area contributed by atoms with Crippen LogP contribution in [0, 0.1) is 0 Å². The molecule has 0 atom stereocenters. The smallest absolute Gasteiger partial charge is 0.238 e. The third-order valence-electron chi connectivity index (χ3n) is 2.68. The average molecular weight is 233 g/mol. The minimum Gasteiger partial charge on any atom is -0.368 e. The van der Waals surface area contributed by atoms with E-state index in [2.05, 4.69) is 0 Å². The molecule has 0 aliphatic carbocycles. The van der Waals surface area contributed by atoms with Crippen LogP contribution in [0.5, 0.6) is 0 Å². The second-order valence-electron chi connectivity index (χ2n) is 4.17. The Morgan fingerprint density at radius 2 is 2.00 bits per heavy atom. The Hall–Kier alpha value is -1.88. The summed E-state index contributed by atoms with van der Waals surface area (Å²) in [4.78, 5) is 25.8. The van der Waals surface area contributed by atoms with Crippen LogP contribution in [0.2, 0.25) is 0 Å². The van der Waals surface area contributed by atoms with Gasteiger partial charge in [0.2, 0.25) is 11.8 Å². The maximum Gasteiger partial charge on any atom is 0.238 e. The van der Waals surface area contributed by atoms with Crippen LogP contribution >= 0.6 is 0 Å². The van der Waals surface area contributed by atoms with Crippen LogP contribution in [-0.4, -0.2) is 41.4 Å². The Kier molecular flexibility index (Phi) is 3.39. The summed E-state index contributed by atoms with van der Waals surface area (Å²) in [6.45, 7) is 1.53. The summed E-state index contributed by atoms with van der Waals surface area (Å²) in [6, 6.07) is 9.92. The fourth-order valence-electron chi connectivity index (χ4n) is 1.94. The van der Waals surface area contributed by atoms with Crippen molar-refractivity contribution in [2.45, 2.75) is 6.54 Å². The van der Waals surface area contributed by atoms with Crippen LogP contribution in [0.4, 0.5) is 0 Å². The lowest BCUT2D eigenvalue weighted by Gasteiger charge is -2.16. The van der Waals surface area contributed by atoms with E-state index in [1.54, 1.807) is 0 Å². The number of primary amides is 1. The zero-order valence-corrected chi connectivity index (χ0v) is 9.50. The van der Waals surface area contributed by atoms with Gasteiger partial charge in [0.15, 0.2) is 0 Å². The number of carbonyl (C=O) groups is 2. The van der Waals surface area contributed by atoms with Crippen molar-refractivity contribution in [3.63, 3.8) is 0 Å². The van der Waals surface area contributed by atoms with Crippen molar-refractivity contribution in [1.82, 2.24) is 9.80 Å². The highest BCUT2D eigenvalue weighted by atomic mass is 16.2. The molecule has 0 spiro atoms. The summed E-state index contributed by atoms with van der Waals surface area (Å²) in [5.41, 5.74) is 6.24. The highest BCUT2D eigenvalue weighted by Gasteiger charge is 2.27. The van der Waals surface area contributed by atoms with E-state index < -0.39 is 5.91 Å². The molecule has 1 aromatic rings. The minimum atomic E-state index is -0.472. The lowest BCUT2D eigenvalue weighted by Crippen LogP contribution is -2.35. The van der Waals surface area contributed by atoms with Gasteiger partial charge in [-0.3, -0.25) is 14.5 Å². The van der Waals surface area contributed by atoms with Crippen LogP contribution in [0.1, 0.15) is 5.56 Å². The van der Waals surface area contributed by atoms with Crippen molar-refractivity contribution in [2.24, 2.45) is 5.73 Å². The second kappa shape index (κ2) is 4.97. The summed E-state index contributed by atoms with van der Waals surface area (Å²) in [7, 11) is 0. The summed E-state index contributed by atoms with van der Waals surface area (Å²) in [5, 5.41) is 0. The molecule has 17 heavy (non-hydrogen) atoms. The van der Waals surface area contributed by atoms with Crippen molar-refractivity contribution in [3.05, 3.63) is 35.9 Å². The van der Waals surface area contributed by atoms with Gasteiger partial charge in [0.1, 0.15) is 6.54 Å². The maximum absolute atomic E-state index is 11.6. The van der Waals surface area contributed by atoms with E-state index in [1.165, 1.54) is 4.90 Å². The Labute approximate surface area is 99.8 Å². The van der Waals surface area contributed by atoms with E-state index in [4.69, 9.17) is 5.73 Å². The standard InChI is InChI=1S/C12H15N3O2/c13-11(16)7-15-9-14(8-12(15)17)6-10-4-2-1-3-5-10/h1-5H,6-9H2,(H2,13,16). The van der Waals surface area contributed by atoms with Crippen LogP contribution in [0.25, 0.3) is 0 Å². The maximum atomic E-state index is 11.6. The lowest BCUT2D eigenvalue weighted by molar-refractivity contribution is -0.131. The topological polar surface area (TPSA) is 66.6 Å². The van der Waals surface area contributed by atoms with Gasteiger partial charge in [-0.1, -0.05) is 30.3 Å². The third kappa shape index (κ3) is 3.04. The molecular formula is C12H15N3O2. The van der Waals surface area contributed by atoms with Gasteiger partial charge >= 0.3 is 0 Å². The van der Waals surface area contributed by atoms with Crippen molar-refractivity contribution in [2.75, 3.05) is 19.8 Å². The number of nitrogens with two attached hydrogens (primary N) is 1. The number of hydrogen-bond donors (Lipinski definition) is 1. The van der Waals surface area contributed by atoms with Crippen molar-refractivity contribution < 1.29 is 9.59 Å². The molecule has 1 aliphatic heterocycles. The molecule has 1 saturated heterocycles. The van der Waals surface area contributed by atoms with Gasteiger partial charge in [0, 0.05) is 6.54 Å².